The molecule has 2 fully saturated rings. The number of amides is 4. The summed E-state index contributed by atoms with van der Waals surface area (Å²) in [5.41, 5.74) is 8.01. The molecule has 15 nitrogen and oxygen atoms in total. The average molecular weight is 784 g/mol. The summed E-state index contributed by atoms with van der Waals surface area (Å²) < 4.78 is 11.4. The van der Waals surface area contributed by atoms with Crippen molar-refractivity contribution < 1.29 is 48.1 Å². The maximum absolute atomic E-state index is 14.6. The van der Waals surface area contributed by atoms with Gasteiger partial charge in [-0.3, -0.25) is 28.8 Å². The first kappa shape index (κ1) is 44.3. The topological polar surface area (TPSA) is 215 Å². The van der Waals surface area contributed by atoms with Crippen molar-refractivity contribution in [3.05, 3.63) is 35.4 Å². The van der Waals surface area contributed by atoms with Gasteiger partial charge in [0, 0.05) is 19.5 Å². The summed E-state index contributed by atoms with van der Waals surface area (Å²) >= 11 is 0. The summed E-state index contributed by atoms with van der Waals surface area (Å²) in [5.74, 6) is -7.06. The van der Waals surface area contributed by atoms with Crippen LogP contribution in [0.2, 0.25) is 0 Å². The third-order valence-corrected chi connectivity index (χ3v) is 11.4. The molecule has 4 amide bonds. The number of aliphatic hydroxyl groups excluding tert-OH is 1. The highest BCUT2D eigenvalue weighted by Gasteiger charge is 2.45. The lowest BCUT2D eigenvalue weighted by Gasteiger charge is -2.39. The lowest BCUT2D eigenvalue weighted by molar-refractivity contribution is -0.163. The van der Waals surface area contributed by atoms with E-state index in [2.05, 4.69) is 10.6 Å². The lowest BCUT2D eigenvalue weighted by atomic mass is 9.91. The van der Waals surface area contributed by atoms with E-state index in [1.54, 1.807) is 20.8 Å². The van der Waals surface area contributed by atoms with Crippen molar-refractivity contribution in [3.63, 3.8) is 0 Å². The van der Waals surface area contributed by atoms with Gasteiger partial charge in [-0.2, -0.15) is 0 Å². The van der Waals surface area contributed by atoms with Gasteiger partial charge in [0.25, 0.3) is 0 Å². The van der Waals surface area contributed by atoms with E-state index in [0.717, 1.165) is 11.1 Å². The number of esters is 2. The van der Waals surface area contributed by atoms with Crippen LogP contribution in [0.25, 0.3) is 0 Å². The Bertz CT molecular complexity index is 1630. The number of benzene rings is 1. The third kappa shape index (κ3) is 10.3. The third-order valence-electron chi connectivity index (χ3n) is 11.4. The molecule has 1 aromatic rings. The van der Waals surface area contributed by atoms with Crippen LogP contribution in [0.15, 0.2) is 24.3 Å². The van der Waals surface area contributed by atoms with Crippen LogP contribution in [0.4, 0.5) is 0 Å². The summed E-state index contributed by atoms with van der Waals surface area (Å²) in [4.78, 5) is 100.0. The molecule has 0 saturated carbocycles. The van der Waals surface area contributed by atoms with E-state index in [0.29, 0.717) is 19.3 Å². The second-order valence-corrected chi connectivity index (χ2v) is 16.5. The van der Waals surface area contributed by atoms with Gasteiger partial charge in [-0.05, 0) is 62.0 Å². The number of fused-ring (bicyclic) bond motifs is 3. The van der Waals surface area contributed by atoms with Crippen molar-refractivity contribution in [2.24, 2.45) is 29.4 Å². The number of nitrogens with one attached hydrogen (secondary N) is 2. The Morgan fingerprint density at radius 3 is 2.14 bits per heavy atom. The quantitative estimate of drug-likeness (QED) is 0.250. The summed E-state index contributed by atoms with van der Waals surface area (Å²) in [7, 11) is 0. The second kappa shape index (κ2) is 19.2. The SMILES string of the molecule is CC[C@H](C)[C@H]1NC(=O)[C@@H](N)[C@@H](C)OC(=O)[C@@H]2Cc3ccccc3CN2C(=O)[C@@H]2CCCN2C(=O)[C@H](CC(C)C)NC(=O)[C@@H](C)C(=O)[C@H](C(C)C)OC(=O)C[C@@H]1O. The number of ether oxygens (including phenoxy) is 2. The predicted octanol–water partition coefficient (Wildman–Crippen LogP) is 1.79. The highest BCUT2D eigenvalue weighted by molar-refractivity contribution is 6.05. The minimum atomic E-state index is -1.45. The number of nitrogens with zero attached hydrogens (tertiary/aromatic N) is 2. The van der Waals surface area contributed by atoms with Gasteiger partial charge < -0.3 is 40.7 Å². The van der Waals surface area contributed by atoms with Gasteiger partial charge in [-0.25, -0.2) is 4.79 Å². The summed E-state index contributed by atoms with van der Waals surface area (Å²) in [6.07, 6.45) is -2.86. The first-order valence-electron chi connectivity index (χ1n) is 20.0. The van der Waals surface area contributed by atoms with Gasteiger partial charge in [-0.1, -0.05) is 72.2 Å². The predicted molar refractivity (Wildman–Crippen MR) is 205 cm³/mol. The number of hydrogen-bond donors (Lipinski definition) is 4. The summed E-state index contributed by atoms with van der Waals surface area (Å²) in [6, 6.07) is 1.95. The van der Waals surface area contributed by atoms with Crippen LogP contribution in [0.3, 0.4) is 0 Å². The second-order valence-electron chi connectivity index (χ2n) is 16.5. The molecule has 310 valence electrons. The smallest absolute Gasteiger partial charge is 0.329 e. The molecule has 56 heavy (non-hydrogen) atoms. The highest BCUT2D eigenvalue weighted by atomic mass is 16.6. The van der Waals surface area contributed by atoms with Crippen molar-refractivity contribution in [3.8, 4) is 0 Å². The summed E-state index contributed by atoms with van der Waals surface area (Å²) in [6.45, 7) is 13.9. The largest absolute Gasteiger partial charge is 0.459 e. The highest BCUT2D eigenvalue weighted by Crippen LogP contribution is 2.30. The van der Waals surface area contributed by atoms with Gasteiger partial charge in [0.2, 0.25) is 23.6 Å². The van der Waals surface area contributed by atoms with Crippen LogP contribution in [-0.4, -0.2) is 111 Å². The average Bonchev–Trinajstić information content (AvgIpc) is 3.65. The molecule has 3 heterocycles. The molecule has 0 radical (unpaired) electrons. The van der Waals surface area contributed by atoms with E-state index < -0.39 is 108 Å². The monoisotopic (exact) mass is 783 g/mol. The van der Waals surface area contributed by atoms with Gasteiger partial charge in [0.05, 0.1) is 24.5 Å². The van der Waals surface area contributed by atoms with Crippen molar-refractivity contribution >= 4 is 41.4 Å². The lowest BCUT2D eigenvalue weighted by Crippen LogP contribution is -2.59. The number of ketones is 1. The molecule has 3 aliphatic heterocycles. The van der Waals surface area contributed by atoms with Crippen molar-refractivity contribution in [1.82, 2.24) is 20.4 Å². The van der Waals surface area contributed by atoms with Gasteiger partial charge >= 0.3 is 11.9 Å². The maximum atomic E-state index is 14.6. The van der Waals surface area contributed by atoms with E-state index in [1.807, 2.05) is 45.0 Å². The van der Waals surface area contributed by atoms with Crippen LogP contribution in [0.5, 0.6) is 0 Å². The minimum absolute atomic E-state index is 0.0582. The first-order valence-corrected chi connectivity index (χ1v) is 20.0. The van der Waals surface area contributed by atoms with Crippen LogP contribution in [0.1, 0.15) is 98.6 Å². The molecular formula is C41H61N5O10. The molecule has 0 bridgehead atoms. The zero-order valence-corrected chi connectivity index (χ0v) is 34.0. The molecule has 1 aromatic carbocycles. The normalized spacial score (nSPS) is 31.2. The Morgan fingerprint density at radius 1 is 0.857 bits per heavy atom. The molecule has 0 unspecified atom stereocenters. The van der Waals surface area contributed by atoms with Gasteiger partial charge in [0.1, 0.15) is 30.3 Å². The molecular weight excluding hydrogens is 722 g/mol. The molecule has 0 aromatic heterocycles. The van der Waals surface area contributed by atoms with Crippen LogP contribution in [0, 0.1) is 23.7 Å². The number of aliphatic hydroxyl groups is 1. The standard InChI is InChI=1S/C41H61N5O10/c1-9-23(6)34-31(47)19-32(48)56-36(22(4)5)35(49)24(7)37(50)43-28(17-21(2)3)39(52)45-16-12-15-29(45)40(53)46-20-27-14-11-10-13-26(27)18-30(46)41(54)55-25(8)33(42)38(51)44-34/h10-11,13-14,21-25,28-31,33-34,36,47H,9,12,15-20,42H2,1-8H3,(H,43,50)(H,44,51)/t23-,24-,25+,28-,29-,30-,31-,33-,34+,36-/m0/s1. The summed E-state index contributed by atoms with van der Waals surface area (Å²) in [5, 5.41) is 16.7. The van der Waals surface area contributed by atoms with Gasteiger partial charge in [0.15, 0.2) is 11.9 Å². The van der Waals surface area contributed by atoms with Crippen molar-refractivity contribution in [1.29, 1.82) is 0 Å². The molecule has 5 N–H and O–H groups in total. The number of cyclic esters (lactones) is 2. The van der Waals surface area contributed by atoms with E-state index >= 15 is 0 Å². The van der Waals surface area contributed by atoms with E-state index in [-0.39, 0.29) is 37.8 Å². The molecule has 0 spiro atoms. The minimum Gasteiger partial charge on any atom is -0.459 e. The maximum Gasteiger partial charge on any atom is 0.329 e. The Hall–Kier alpha value is -4.37. The molecule has 4 rings (SSSR count). The molecule has 2 saturated heterocycles. The zero-order valence-electron chi connectivity index (χ0n) is 34.0. The van der Waals surface area contributed by atoms with Crippen LogP contribution < -0.4 is 16.4 Å². The Labute approximate surface area is 329 Å². The van der Waals surface area contributed by atoms with E-state index in [4.69, 9.17) is 15.2 Å². The molecule has 15 heteroatoms. The number of carbonyl (C=O) groups excluding carboxylic acids is 7. The molecule has 3 aliphatic rings. The van der Waals surface area contributed by atoms with Crippen LogP contribution >= 0.6 is 0 Å². The fraction of sp³-hybridized carbons (Fsp3) is 0.683. The van der Waals surface area contributed by atoms with Crippen molar-refractivity contribution in [2.75, 3.05) is 6.54 Å². The Balaban J connectivity index is 1.76. The number of carbonyl (C=O) groups is 7. The van der Waals surface area contributed by atoms with E-state index in [9.17, 15) is 38.7 Å². The number of rotatable bonds is 5. The number of Topliss-reactive ketones (excluding diaryl/α,β-unsaturated/α-hetero) is 1. The van der Waals surface area contributed by atoms with Gasteiger partial charge in [-0.15, -0.1) is 0 Å². The molecule has 10 atom stereocenters. The van der Waals surface area contributed by atoms with Crippen molar-refractivity contribution in [2.45, 2.75) is 149 Å². The zero-order chi connectivity index (χ0) is 41.6. The van der Waals surface area contributed by atoms with Crippen LogP contribution in [-0.2, 0) is 56.0 Å². The fourth-order valence-electron chi connectivity index (χ4n) is 7.70. The number of nitrogens with two attached hydrogens (primary N) is 1. The Morgan fingerprint density at radius 2 is 1.52 bits per heavy atom. The number of hydrogen-bond acceptors (Lipinski definition) is 11. The first-order chi connectivity index (χ1) is 26.4. The Kier molecular flexibility index (Phi) is 15.2. The van der Waals surface area contributed by atoms with E-state index in [1.165, 1.54) is 23.6 Å². The molecule has 0 aliphatic carbocycles. The fourth-order valence-corrected chi connectivity index (χ4v) is 7.70.